The van der Waals surface area contributed by atoms with E-state index < -0.39 is 10.0 Å². The second kappa shape index (κ2) is 8.56. The van der Waals surface area contributed by atoms with Crippen LogP contribution in [0.25, 0.3) is 5.69 Å². The van der Waals surface area contributed by atoms with Gasteiger partial charge in [-0.25, -0.2) is 22.8 Å². The number of nitrogens with one attached hydrogen (secondary N) is 2. The normalized spacial score (nSPS) is 11.3. The van der Waals surface area contributed by atoms with Crippen molar-refractivity contribution in [3.8, 4) is 5.69 Å². The fraction of sp³-hybridized carbons (Fsp3) is 0.167. The van der Waals surface area contributed by atoms with Crippen LogP contribution in [0.1, 0.15) is 12.0 Å². The van der Waals surface area contributed by atoms with Crippen molar-refractivity contribution in [2.45, 2.75) is 17.9 Å². The van der Waals surface area contributed by atoms with Gasteiger partial charge in [0.05, 0.1) is 10.6 Å². The van der Waals surface area contributed by atoms with Crippen molar-refractivity contribution in [1.82, 2.24) is 24.8 Å². The van der Waals surface area contributed by atoms with Gasteiger partial charge in [-0.1, -0.05) is 30.3 Å². The summed E-state index contributed by atoms with van der Waals surface area (Å²) in [6, 6.07) is 15.6. The third-order valence-electron chi connectivity index (χ3n) is 3.81. The first-order valence-electron chi connectivity index (χ1n) is 8.30. The number of aromatic nitrogens is 3. The number of hydrogen-bond acceptors (Lipinski definition) is 5. The number of rotatable bonds is 8. The van der Waals surface area contributed by atoms with Crippen LogP contribution in [0.5, 0.6) is 0 Å². The molecule has 3 aromatic rings. The minimum absolute atomic E-state index is 0.0360. The summed E-state index contributed by atoms with van der Waals surface area (Å²) in [5.74, 6) is -0.230. The second-order valence-corrected chi connectivity index (χ2v) is 7.51. The number of sulfonamides is 1. The van der Waals surface area contributed by atoms with E-state index >= 15 is 0 Å². The van der Waals surface area contributed by atoms with Crippen molar-refractivity contribution in [1.29, 1.82) is 0 Å². The second-order valence-electron chi connectivity index (χ2n) is 5.74. The maximum atomic E-state index is 12.1. The van der Waals surface area contributed by atoms with Gasteiger partial charge in [0.25, 0.3) is 0 Å². The summed E-state index contributed by atoms with van der Waals surface area (Å²) in [7, 11) is -3.59. The van der Waals surface area contributed by atoms with E-state index in [4.69, 9.17) is 0 Å². The molecular weight excluding hydrogens is 366 g/mol. The zero-order chi connectivity index (χ0) is 19.1. The molecular formula is C18H19N5O3S. The lowest BCUT2D eigenvalue weighted by Gasteiger charge is -2.08. The molecule has 140 valence electrons. The highest BCUT2D eigenvalue weighted by Crippen LogP contribution is 2.08. The maximum Gasteiger partial charge on any atom is 0.240 e. The molecule has 3 rings (SSSR count). The molecule has 1 amide bonds. The highest BCUT2D eigenvalue weighted by molar-refractivity contribution is 7.89. The van der Waals surface area contributed by atoms with Gasteiger partial charge in [0.1, 0.15) is 12.7 Å². The molecule has 0 bridgehead atoms. The summed E-state index contributed by atoms with van der Waals surface area (Å²) in [5, 5.41) is 6.82. The molecule has 0 atom stereocenters. The maximum absolute atomic E-state index is 12.1. The SMILES string of the molecule is O=C(CCNS(=O)(=O)c1ccccc1)NCc1ccc(-n2cncn2)cc1. The molecule has 1 heterocycles. The van der Waals surface area contributed by atoms with Gasteiger partial charge in [-0.05, 0) is 29.8 Å². The van der Waals surface area contributed by atoms with Gasteiger partial charge in [0.15, 0.2) is 0 Å². The third-order valence-corrected chi connectivity index (χ3v) is 5.28. The van der Waals surface area contributed by atoms with Crippen LogP contribution in [0.2, 0.25) is 0 Å². The lowest BCUT2D eigenvalue weighted by Crippen LogP contribution is -2.30. The van der Waals surface area contributed by atoms with Crippen molar-refractivity contribution in [2.75, 3.05) is 6.54 Å². The molecule has 0 fully saturated rings. The fourth-order valence-electron chi connectivity index (χ4n) is 2.38. The number of hydrogen-bond donors (Lipinski definition) is 2. The van der Waals surface area contributed by atoms with Crippen LogP contribution < -0.4 is 10.0 Å². The van der Waals surface area contributed by atoms with E-state index in [9.17, 15) is 13.2 Å². The first-order valence-corrected chi connectivity index (χ1v) is 9.78. The Morgan fingerprint density at radius 1 is 1.04 bits per heavy atom. The number of carbonyl (C=O) groups excluding carboxylic acids is 1. The molecule has 2 N–H and O–H groups in total. The number of carbonyl (C=O) groups is 1. The van der Waals surface area contributed by atoms with Crippen molar-refractivity contribution >= 4 is 15.9 Å². The Bertz CT molecular complexity index is 972. The predicted octanol–water partition coefficient (Wildman–Crippen LogP) is 1.25. The summed E-state index contributed by atoms with van der Waals surface area (Å²) in [6.07, 6.45) is 3.12. The van der Waals surface area contributed by atoms with Crippen LogP contribution in [-0.2, 0) is 21.4 Å². The lowest BCUT2D eigenvalue weighted by molar-refractivity contribution is -0.121. The molecule has 0 aliphatic rings. The van der Waals surface area contributed by atoms with Crippen LogP contribution in [0, 0.1) is 0 Å². The molecule has 0 radical (unpaired) electrons. The van der Waals surface area contributed by atoms with E-state index in [0.29, 0.717) is 6.54 Å². The average molecular weight is 385 g/mol. The number of nitrogens with zero attached hydrogens (tertiary/aromatic N) is 3. The van der Waals surface area contributed by atoms with Gasteiger partial charge in [0.2, 0.25) is 15.9 Å². The zero-order valence-electron chi connectivity index (χ0n) is 14.4. The summed E-state index contributed by atoms with van der Waals surface area (Å²) < 4.78 is 28.2. The Hall–Kier alpha value is -3.04. The molecule has 2 aromatic carbocycles. The average Bonchev–Trinajstić information content (AvgIpc) is 3.22. The molecule has 8 nitrogen and oxygen atoms in total. The fourth-order valence-corrected chi connectivity index (χ4v) is 3.43. The third kappa shape index (κ3) is 5.22. The van der Waals surface area contributed by atoms with Gasteiger partial charge in [-0.2, -0.15) is 5.10 Å². The highest BCUT2D eigenvalue weighted by Gasteiger charge is 2.13. The van der Waals surface area contributed by atoms with E-state index in [0.717, 1.165) is 11.3 Å². The van der Waals surface area contributed by atoms with Crippen molar-refractivity contribution in [3.05, 3.63) is 72.8 Å². The largest absolute Gasteiger partial charge is 0.352 e. The van der Waals surface area contributed by atoms with E-state index in [1.807, 2.05) is 24.3 Å². The standard InChI is InChI=1S/C18H19N5O3S/c24-18(10-11-22-27(25,26)17-4-2-1-3-5-17)20-12-15-6-8-16(9-7-15)23-14-19-13-21-23/h1-9,13-14,22H,10-12H2,(H,20,24). The molecule has 1 aromatic heterocycles. The van der Waals surface area contributed by atoms with Gasteiger partial charge < -0.3 is 5.32 Å². The van der Waals surface area contributed by atoms with Crippen LogP contribution in [0.15, 0.2) is 72.1 Å². The van der Waals surface area contributed by atoms with Crippen LogP contribution in [0.4, 0.5) is 0 Å². The molecule has 0 saturated heterocycles. The van der Waals surface area contributed by atoms with Crippen LogP contribution in [0.3, 0.4) is 0 Å². The van der Waals surface area contributed by atoms with Gasteiger partial charge in [-0.3, -0.25) is 4.79 Å². The van der Waals surface area contributed by atoms with Gasteiger partial charge in [0, 0.05) is 19.5 Å². The lowest BCUT2D eigenvalue weighted by atomic mass is 10.2. The van der Waals surface area contributed by atoms with E-state index in [2.05, 4.69) is 20.1 Å². The Kier molecular flexibility index (Phi) is 5.94. The van der Waals surface area contributed by atoms with Crippen molar-refractivity contribution < 1.29 is 13.2 Å². The van der Waals surface area contributed by atoms with Crippen LogP contribution in [-0.4, -0.2) is 35.6 Å². The summed E-state index contributed by atoms with van der Waals surface area (Å²) in [6.45, 7) is 0.399. The van der Waals surface area contributed by atoms with E-state index in [1.54, 1.807) is 29.2 Å². The summed E-state index contributed by atoms with van der Waals surface area (Å²) in [4.78, 5) is 16.0. The smallest absolute Gasteiger partial charge is 0.240 e. The zero-order valence-corrected chi connectivity index (χ0v) is 15.3. The van der Waals surface area contributed by atoms with E-state index in [1.165, 1.54) is 18.5 Å². The summed E-state index contributed by atoms with van der Waals surface area (Å²) in [5.41, 5.74) is 1.80. The predicted molar refractivity (Wildman–Crippen MR) is 99.5 cm³/mol. The highest BCUT2D eigenvalue weighted by atomic mass is 32.2. The Morgan fingerprint density at radius 2 is 1.78 bits per heavy atom. The Balaban J connectivity index is 1.43. The molecule has 9 heteroatoms. The van der Waals surface area contributed by atoms with Crippen molar-refractivity contribution in [2.24, 2.45) is 0 Å². The van der Waals surface area contributed by atoms with E-state index in [-0.39, 0.29) is 23.8 Å². The van der Waals surface area contributed by atoms with Gasteiger partial charge >= 0.3 is 0 Å². The topological polar surface area (TPSA) is 106 Å². The number of benzene rings is 2. The molecule has 0 saturated carbocycles. The molecule has 27 heavy (non-hydrogen) atoms. The summed E-state index contributed by atoms with van der Waals surface area (Å²) >= 11 is 0. The quantitative estimate of drug-likeness (QED) is 0.607. The first kappa shape index (κ1) is 18.7. The van der Waals surface area contributed by atoms with Crippen LogP contribution >= 0.6 is 0 Å². The number of amides is 1. The molecule has 0 unspecified atom stereocenters. The molecule has 0 aliphatic carbocycles. The monoisotopic (exact) mass is 385 g/mol. The minimum Gasteiger partial charge on any atom is -0.352 e. The Labute approximate surface area is 157 Å². The first-order chi connectivity index (χ1) is 13.0. The van der Waals surface area contributed by atoms with Gasteiger partial charge in [-0.15, -0.1) is 0 Å². The minimum atomic E-state index is -3.59. The molecule has 0 spiro atoms. The molecule has 0 aliphatic heterocycles. The van der Waals surface area contributed by atoms with Crippen molar-refractivity contribution in [3.63, 3.8) is 0 Å². The Morgan fingerprint density at radius 3 is 2.44 bits per heavy atom.